The van der Waals surface area contributed by atoms with Crippen molar-refractivity contribution in [3.63, 3.8) is 0 Å². The van der Waals surface area contributed by atoms with E-state index < -0.39 is 0 Å². The molecule has 0 radical (unpaired) electrons. The van der Waals surface area contributed by atoms with Crippen LogP contribution >= 0.6 is 43.5 Å². The molecular formula is C10H8Br2ClNO. The van der Waals surface area contributed by atoms with Gasteiger partial charge in [0, 0.05) is 16.0 Å². The van der Waals surface area contributed by atoms with Crippen molar-refractivity contribution in [1.82, 2.24) is 0 Å². The van der Waals surface area contributed by atoms with Gasteiger partial charge in [0.2, 0.25) is 5.91 Å². The first-order chi connectivity index (χ1) is 7.09. The van der Waals surface area contributed by atoms with Gasteiger partial charge in [0.1, 0.15) is 0 Å². The van der Waals surface area contributed by atoms with Crippen LogP contribution in [0.4, 0.5) is 5.69 Å². The third-order valence-corrected chi connectivity index (χ3v) is 4.06. The van der Waals surface area contributed by atoms with Crippen LogP contribution in [0.2, 0.25) is 5.02 Å². The van der Waals surface area contributed by atoms with Gasteiger partial charge in [-0.05, 0) is 40.5 Å². The van der Waals surface area contributed by atoms with Crippen LogP contribution in [0.5, 0.6) is 0 Å². The highest BCUT2D eigenvalue weighted by molar-refractivity contribution is 9.10. The van der Waals surface area contributed by atoms with Crippen LogP contribution in [-0.4, -0.2) is 17.3 Å². The Balaban J connectivity index is 2.34. The Morgan fingerprint density at radius 3 is 2.73 bits per heavy atom. The number of hydrogen-bond acceptors (Lipinski definition) is 1. The third-order valence-electron chi connectivity index (χ3n) is 2.34. The Labute approximate surface area is 110 Å². The molecule has 1 aromatic carbocycles. The van der Waals surface area contributed by atoms with E-state index in [0.717, 1.165) is 23.1 Å². The number of carbonyl (C=O) groups is 1. The SMILES string of the molecule is O=C1C(Br)CCN1c1ccc(Cl)cc1Br. The largest absolute Gasteiger partial charge is 0.310 e. The quantitative estimate of drug-likeness (QED) is 0.707. The predicted octanol–water partition coefficient (Wildman–Crippen LogP) is 3.60. The second kappa shape index (κ2) is 4.44. The van der Waals surface area contributed by atoms with Gasteiger partial charge in [-0.2, -0.15) is 0 Å². The molecule has 1 aliphatic heterocycles. The van der Waals surface area contributed by atoms with E-state index in [-0.39, 0.29) is 10.7 Å². The molecule has 0 aromatic heterocycles. The normalized spacial score (nSPS) is 21.1. The molecule has 1 aliphatic rings. The molecular weight excluding hydrogens is 345 g/mol. The van der Waals surface area contributed by atoms with Gasteiger partial charge in [-0.1, -0.05) is 27.5 Å². The van der Waals surface area contributed by atoms with Crippen molar-refractivity contribution in [2.45, 2.75) is 11.2 Å². The number of carbonyl (C=O) groups excluding carboxylic acids is 1. The van der Waals surface area contributed by atoms with Crippen LogP contribution in [-0.2, 0) is 4.79 Å². The zero-order chi connectivity index (χ0) is 11.0. The Morgan fingerprint density at radius 2 is 2.20 bits per heavy atom. The molecule has 1 amide bonds. The monoisotopic (exact) mass is 351 g/mol. The summed E-state index contributed by atoms with van der Waals surface area (Å²) in [4.78, 5) is 13.5. The number of nitrogens with zero attached hydrogens (tertiary/aromatic N) is 1. The zero-order valence-corrected chi connectivity index (χ0v) is 11.6. The maximum absolute atomic E-state index is 11.8. The summed E-state index contributed by atoms with van der Waals surface area (Å²) < 4.78 is 0.852. The summed E-state index contributed by atoms with van der Waals surface area (Å²) in [5.74, 6) is 0.109. The summed E-state index contributed by atoms with van der Waals surface area (Å²) in [6.45, 7) is 0.745. The Morgan fingerprint density at radius 1 is 1.47 bits per heavy atom. The molecule has 5 heteroatoms. The second-order valence-electron chi connectivity index (χ2n) is 3.34. The van der Waals surface area contributed by atoms with Crippen LogP contribution < -0.4 is 4.90 Å². The first kappa shape index (κ1) is 11.4. The predicted molar refractivity (Wildman–Crippen MR) is 68.8 cm³/mol. The Bertz CT molecular complexity index is 410. The standard InChI is InChI=1S/C10H8Br2ClNO/c11-7-3-4-14(10(7)15)9-2-1-6(13)5-8(9)12/h1-2,5,7H,3-4H2. The number of halogens is 3. The van der Waals surface area contributed by atoms with Gasteiger partial charge in [-0.25, -0.2) is 0 Å². The van der Waals surface area contributed by atoms with Gasteiger partial charge < -0.3 is 4.90 Å². The second-order valence-corrected chi connectivity index (χ2v) is 5.74. The van der Waals surface area contributed by atoms with Crippen LogP contribution in [0.3, 0.4) is 0 Å². The summed E-state index contributed by atoms with van der Waals surface area (Å²) >= 11 is 12.6. The topological polar surface area (TPSA) is 20.3 Å². The number of rotatable bonds is 1. The molecule has 0 aliphatic carbocycles. The van der Waals surface area contributed by atoms with E-state index in [2.05, 4.69) is 31.9 Å². The molecule has 0 bridgehead atoms. The molecule has 0 N–H and O–H groups in total. The van der Waals surface area contributed by atoms with Gasteiger partial charge in [-0.3, -0.25) is 4.79 Å². The highest BCUT2D eigenvalue weighted by atomic mass is 79.9. The van der Waals surface area contributed by atoms with Crippen molar-refractivity contribution < 1.29 is 4.79 Å². The first-order valence-corrected chi connectivity index (χ1v) is 6.59. The molecule has 15 heavy (non-hydrogen) atoms. The Kier molecular flexibility index (Phi) is 3.38. The number of hydrogen-bond donors (Lipinski definition) is 0. The highest BCUT2D eigenvalue weighted by Crippen LogP contribution is 2.33. The zero-order valence-electron chi connectivity index (χ0n) is 7.71. The van der Waals surface area contributed by atoms with E-state index in [1.54, 1.807) is 17.0 Å². The molecule has 1 heterocycles. The molecule has 1 atom stereocenters. The van der Waals surface area contributed by atoms with Gasteiger partial charge in [0.05, 0.1) is 10.5 Å². The summed E-state index contributed by atoms with van der Waals surface area (Å²) in [5.41, 5.74) is 0.881. The third kappa shape index (κ3) is 2.22. The molecule has 1 unspecified atom stereocenters. The number of amides is 1. The maximum atomic E-state index is 11.8. The summed E-state index contributed by atoms with van der Waals surface area (Å²) in [7, 11) is 0. The summed E-state index contributed by atoms with van der Waals surface area (Å²) in [6.07, 6.45) is 0.841. The van der Waals surface area contributed by atoms with E-state index in [0.29, 0.717) is 5.02 Å². The number of anilines is 1. The van der Waals surface area contributed by atoms with Gasteiger partial charge >= 0.3 is 0 Å². The minimum Gasteiger partial charge on any atom is -0.310 e. The van der Waals surface area contributed by atoms with Crippen molar-refractivity contribution in [3.8, 4) is 0 Å². The molecule has 2 nitrogen and oxygen atoms in total. The van der Waals surface area contributed by atoms with Crippen molar-refractivity contribution in [2.75, 3.05) is 11.4 Å². The van der Waals surface area contributed by atoms with Crippen molar-refractivity contribution in [2.24, 2.45) is 0 Å². The lowest BCUT2D eigenvalue weighted by molar-refractivity contribution is -0.116. The van der Waals surface area contributed by atoms with Gasteiger partial charge in [0.25, 0.3) is 0 Å². The van der Waals surface area contributed by atoms with Crippen LogP contribution in [0, 0.1) is 0 Å². The van der Waals surface area contributed by atoms with Crippen LogP contribution in [0.1, 0.15) is 6.42 Å². The van der Waals surface area contributed by atoms with E-state index in [9.17, 15) is 4.79 Å². The first-order valence-electron chi connectivity index (χ1n) is 4.50. The van der Waals surface area contributed by atoms with E-state index in [4.69, 9.17) is 11.6 Å². The smallest absolute Gasteiger partial charge is 0.240 e. The number of benzene rings is 1. The fourth-order valence-corrected chi connectivity index (χ4v) is 2.93. The van der Waals surface area contributed by atoms with Crippen LogP contribution in [0.25, 0.3) is 0 Å². The minimum atomic E-state index is -0.0555. The highest BCUT2D eigenvalue weighted by Gasteiger charge is 2.31. The molecule has 0 saturated carbocycles. The van der Waals surface area contributed by atoms with Gasteiger partial charge in [-0.15, -0.1) is 0 Å². The lowest BCUT2D eigenvalue weighted by Crippen LogP contribution is -2.27. The van der Waals surface area contributed by atoms with Gasteiger partial charge in [0.15, 0.2) is 0 Å². The molecule has 1 fully saturated rings. The lowest BCUT2D eigenvalue weighted by Gasteiger charge is -2.17. The minimum absolute atomic E-state index is 0.0555. The van der Waals surface area contributed by atoms with Crippen molar-refractivity contribution >= 4 is 55.1 Å². The average Bonchev–Trinajstić information content (AvgIpc) is 2.49. The molecule has 1 aromatic rings. The molecule has 80 valence electrons. The van der Waals surface area contributed by atoms with E-state index in [1.807, 2.05) is 6.07 Å². The summed E-state index contributed by atoms with van der Waals surface area (Å²) in [5, 5.41) is 0.660. The Hall–Kier alpha value is -0.0600. The average molecular weight is 353 g/mol. The molecule has 0 spiro atoms. The van der Waals surface area contributed by atoms with Crippen molar-refractivity contribution in [3.05, 3.63) is 27.7 Å². The molecule has 2 rings (SSSR count). The van der Waals surface area contributed by atoms with Crippen molar-refractivity contribution in [1.29, 1.82) is 0 Å². The maximum Gasteiger partial charge on any atom is 0.240 e. The molecule has 1 saturated heterocycles. The lowest BCUT2D eigenvalue weighted by atomic mass is 10.3. The fraction of sp³-hybridized carbons (Fsp3) is 0.300. The van der Waals surface area contributed by atoms with E-state index in [1.165, 1.54) is 0 Å². The van der Waals surface area contributed by atoms with Crippen LogP contribution in [0.15, 0.2) is 22.7 Å². The van der Waals surface area contributed by atoms with E-state index >= 15 is 0 Å². The number of alkyl halides is 1. The fourth-order valence-electron chi connectivity index (χ4n) is 1.58. The summed E-state index contributed by atoms with van der Waals surface area (Å²) in [6, 6.07) is 5.44.